The molecular formula is C16H20ClFN2O2. The first-order chi connectivity index (χ1) is 10.4. The number of carbonyl (C=O) groups is 2. The van der Waals surface area contributed by atoms with Crippen LogP contribution in [-0.4, -0.2) is 18.4 Å². The van der Waals surface area contributed by atoms with Gasteiger partial charge < -0.3 is 10.6 Å². The van der Waals surface area contributed by atoms with E-state index in [0.717, 1.165) is 0 Å². The van der Waals surface area contributed by atoms with Crippen molar-refractivity contribution in [1.29, 1.82) is 0 Å². The Morgan fingerprint density at radius 2 is 2.18 bits per heavy atom. The van der Waals surface area contributed by atoms with Crippen LogP contribution in [0.25, 0.3) is 0 Å². The lowest BCUT2D eigenvalue weighted by atomic mass is 9.92. The van der Waals surface area contributed by atoms with Gasteiger partial charge in [-0.05, 0) is 24.5 Å². The average molecular weight is 327 g/mol. The molecule has 2 N–H and O–H groups in total. The second-order valence-corrected chi connectivity index (χ2v) is 6.37. The van der Waals surface area contributed by atoms with Gasteiger partial charge in [-0.3, -0.25) is 9.59 Å². The molecule has 2 atom stereocenters. The van der Waals surface area contributed by atoms with Crippen molar-refractivity contribution in [1.82, 2.24) is 10.6 Å². The molecule has 22 heavy (non-hydrogen) atoms. The number of piperidine rings is 1. The molecule has 0 aromatic heterocycles. The normalized spacial score (nSPS) is 19.7. The van der Waals surface area contributed by atoms with E-state index < -0.39 is 11.9 Å². The number of rotatable bonds is 4. The zero-order chi connectivity index (χ0) is 16.3. The highest BCUT2D eigenvalue weighted by atomic mass is 35.5. The molecule has 0 spiro atoms. The van der Waals surface area contributed by atoms with E-state index in [4.69, 9.17) is 11.6 Å². The van der Waals surface area contributed by atoms with Gasteiger partial charge in [-0.1, -0.05) is 31.5 Å². The molecule has 1 aliphatic heterocycles. The molecule has 1 aromatic carbocycles. The molecular weight excluding hydrogens is 307 g/mol. The van der Waals surface area contributed by atoms with Crippen molar-refractivity contribution in [3.63, 3.8) is 0 Å². The number of hydrogen-bond donors (Lipinski definition) is 2. The van der Waals surface area contributed by atoms with Crippen molar-refractivity contribution in [3.8, 4) is 0 Å². The summed E-state index contributed by atoms with van der Waals surface area (Å²) >= 11 is 5.77. The summed E-state index contributed by atoms with van der Waals surface area (Å²) in [5.41, 5.74) is 0.410. The summed E-state index contributed by atoms with van der Waals surface area (Å²) in [5, 5.41) is 5.90. The predicted octanol–water partition coefficient (Wildman–Crippen LogP) is 2.82. The topological polar surface area (TPSA) is 58.2 Å². The Labute approximate surface area is 134 Å². The van der Waals surface area contributed by atoms with Gasteiger partial charge in [0.15, 0.2) is 0 Å². The molecule has 1 aromatic rings. The van der Waals surface area contributed by atoms with Crippen LogP contribution in [0.3, 0.4) is 0 Å². The Kier molecular flexibility index (Phi) is 5.40. The molecule has 120 valence electrons. The van der Waals surface area contributed by atoms with Crippen LogP contribution in [0.5, 0.6) is 0 Å². The number of benzene rings is 1. The zero-order valence-electron chi connectivity index (χ0n) is 12.7. The Hall–Kier alpha value is -1.62. The predicted molar refractivity (Wildman–Crippen MR) is 82.9 cm³/mol. The molecule has 1 fully saturated rings. The summed E-state index contributed by atoms with van der Waals surface area (Å²) in [5.74, 6) is -1.11. The minimum absolute atomic E-state index is 0.0112. The summed E-state index contributed by atoms with van der Waals surface area (Å²) in [7, 11) is 0. The number of halogens is 2. The summed E-state index contributed by atoms with van der Waals surface area (Å²) in [6.07, 6.45) is 0.783. The Morgan fingerprint density at radius 1 is 1.45 bits per heavy atom. The third kappa shape index (κ3) is 3.97. The molecule has 0 bridgehead atoms. The van der Waals surface area contributed by atoms with Crippen LogP contribution >= 0.6 is 11.6 Å². The van der Waals surface area contributed by atoms with Crippen LogP contribution < -0.4 is 10.6 Å². The maximum atomic E-state index is 14.1. The average Bonchev–Trinajstić information content (AvgIpc) is 2.45. The lowest BCUT2D eigenvalue weighted by Crippen LogP contribution is -2.43. The van der Waals surface area contributed by atoms with Crippen LogP contribution in [0.15, 0.2) is 18.2 Å². The largest absolute Gasteiger partial charge is 0.356 e. The molecule has 4 nitrogen and oxygen atoms in total. The highest BCUT2D eigenvalue weighted by molar-refractivity contribution is 6.30. The minimum Gasteiger partial charge on any atom is -0.356 e. The SMILES string of the molecule is CC(C)[C@H](NC(=O)[C@H]1CCNC(=O)C1)c1ccc(Cl)cc1F. The van der Waals surface area contributed by atoms with Crippen LogP contribution in [0.2, 0.25) is 5.02 Å². The lowest BCUT2D eigenvalue weighted by Gasteiger charge is -2.27. The van der Waals surface area contributed by atoms with E-state index in [1.54, 1.807) is 12.1 Å². The van der Waals surface area contributed by atoms with Gasteiger partial charge in [-0.25, -0.2) is 4.39 Å². The van der Waals surface area contributed by atoms with Crippen molar-refractivity contribution >= 4 is 23.4 Å². The maximum absolute atomic E-state index is 14.1. The molecule has 0 aliphatic carbocycles. The molecule has 2 rings (SSSR count). The van der Waals surface area contributed by atoms with Crippen molar-refractivity contribution in [2.45, 2.75) is 32.7 Å². The van der Waals surface area contributed by atoms with Gasteiger partial charge in [0.2, 0.25) is 11.8 Å². The Balaban J connectivity index is 2.15. The molecule has 2 amide bonds. The highest BCUT2D eigenvalue weighted by Gasteiger charge is 2.29. The minimum atomic E-state index is -0.449. The third-order valence-electron chi connectivity index (χ3n) is 3.88. The fourth-order valence-electron chi connectivity index (χ4n) is 2.64. The molecule has 6 heteroatoms. The van der Waals surface area contributed by atoms with Crippen LogP contribution in [-0.2, 0) is 9.59 Å². The van der Waals surface area contributed by atoms with E-state index >= 15 is 0 Å². The van der Waals surface area contributed by atoms with E-state index in [9.17, 15) is 14.0 Å². The van der Waals surface area contributed by atoms with Crippen LogP contribution in [0.4, 0.5) is 4.39 Å². The Morgan fingerprint density at radius 3 is 2.77 bits per heavy atom. The standard InChI is InChI=1S/C16H20ClFN2O2/c1-9(2)15(12-4-3-11(17)8-13(12)18)20-16(22)10-5-6-19-14(21)7-10/h3-4,8-10,15H,5-7H2,1-2H3,(H,19,21)(H,20,22)/t10-,15-/m0/s1. The van der Waals surface area contributed by atoms with Crippen LogP contribution in [0.1, 0.15) is 38.3 Å². The smallest absolute Gasteiger partial charge is 0.224 e. The molecule has 1 saturated heterocycles. The van der Waals surface area contributed by atoms with Gasteiger partial charge in [0.1, 0.15) is 5.82 Å². The van der Waals surface area contributed by atoms with Gasteiger partial charge in [-0.15, -0.1) is 0 Å². The fraction of sp³-hybridized carbons (Fsp3) is 0.500. The van der Waals surface area contributed by atoms with Crippen LogP contribution in [0, 0.1) is 17.7 Å². The highest BCUT2D eigenvalue weighted by Crippen LogP contribution is 2.27. The maximum Gasteiger partial charge on any atom is 0.224 e. The molecule has 0 unspecified atom stereocenters. The molecule has 0 radical (unpaired) electrons. The first-order valence-electron chi connectivity index (χ1n) is 7.40. The summed E-state index contributed by atoms with van der Waals surface area (Å²) in [4.78, 5) is 23.8. The number of carbonyl (C=O) groups excluding carboxylic acids is 2. The summed E-state index contributed by atoms with van der Waals surface area (Å²) in [6.45, 7) is 4.32. The molecule has 1 heterocycles. The monoisotopic (exact) mass is 326 g/mol. The molecule has 1 aliphatic rings. The van der Waals surface area contributed by atoms with Gasteiger partial charge in [0.05, 0.1) is 6.04 Å². The van der Waals surface area contributed by atoms with E-state index in [-0.39, 0.29) is 30.1 Å². The van der Waals surface area contributed by atoms with Gasteiger partial charge in [0.25, 0.3) is 0 Å². The van der Waals surface area contributed by atoms with Gasteiger partial charge in [0, 0.05) is 29.5 Å². The van der Waals surface area contributed by atoms with Gasteiger partial charge >= 0.3 is 0 Å². The second-order valence-electron chi connectivity index (χ2n) is 5.94. The molecule has 0 saturated carbocycles. The van der Waals surface area contributed by atoms with E-state index in [1.165, 1.54) is 6.07 Å². The first kappa shape index (κ1) is 16.7. The van der Waals surface area contributed by atoms with E-state index in [2.05, 4.69) is 10.6 Å². The second kappa shape index (κ2) is 7.09. The van der Waals surface area contributed by atoms with E-state index in [0.29, 0.717) is 23.6 Å². The number of nitrogens with one attached hydrogen (secondary N) is 2. The van der Waals surface area contributed by atoms with Crippen molar-refractivity contribution < 1.29 is 14.0 Å². The zero-order valence-corrected chi connectivity index (χ0v) is 13.4. The quantitative estimate of drug-likeness (QED) is 0.894. The van der Waals surface area contributed by atoms with Crippen molar-refractivity contribution in [2.75, 3.05) is 6.54 Å². The third-order valence-corrected chi connectivity index (χ3v) is 4.11. The fourth-order valence-corrected chi connectivity index (χ4v) is 2.79. The first-order valence-corrected chi connectivity index (χ1v) is 7.78. The number of amides is 2. The summed E-state index contributed by atoms with van der Waals surface area (Å²) in [6, 6.07) is 3.99. The summed E-state index contributed by atoms with van der Waals surface area (Å²) < 4.78 is 14.1. The lowest BCUT2D eigenvalue weighted by molar-refractivity contribution is -0.133. The Bertz CT molecular complexity index is 577. The van der Waals surface area contributed by atoms with Crippen molar-refractivity contribution in [2.24, 2.45) is 11.8 Å². The van der Waals surface area contributed by atoms with Crippen molar-refractivity contribution in [3.05, 3.63) is 34.6 Å². The van der Waals surface area contributed by atoms with Gasteiger partial charge in [-0.2, -0.15) is 0 Å². The number of hydrogen-bond acceptors (Lipinski definition) is 2. The van der Waals surface area contributed by atoms with E-state index in [1.807, 2.05) is 13.8 Å².